The molecule has 0 aliphatic carbocycles. The monoisotopic (exact) mass is 341 g/mol. The summed E-state index contributed by atoms with van der Waals surface area (Å²) in [6.07, 6.45) is 0. The highest BCUT2D eigenvalue weighted by molar-refractivity contribution is 5.53. The van der Waals surface area contributed by atoms with Crippen LogP contribution in [0.25, 0.3) is 11.5 Å². The summed E-state index contributed by atoms with van der Waals surface area (Å²) in [5.41, 5.74) is 2.06. The fraction of sp³-hybridized carbons (Fsp3) is 0.263. The SMILES string of the molecule is Cc1cccc(-c2nnc(CN(C)CCOc3ccc(F)cc3)o2)c1. The molecule has 0 atom stereocenters. The molecule has 0 aliphatic rings. The minimum atomic E-state index is -0.273. The third-order valence-corrected chi connectivity index (χ3v) is 3.69. The van der Waals surface area contributed by atoms with Gasteiger partial charge in [0.1, 0.15) is 18.2 Å². The molecule has 3 aromatic rings. The van der Waals surface area contributed by atoms with Crippen molar-refractivity contribution in [3.63, 3.8) is 0 Å². The van der Waals surface area contributed by atoms with Crippen LogP contribution in [-0.2, 0) is 6.54 Å². The van der Waals surface area contributed by atoms with Crippen molar-refractivity contribution in [3.8, 4) is 17.2 Å². The number of benzene rings is 2. The van der Waals surface area contributed by atoms with Crippen LogP contribution < -0.4 is 4.74 Å². The molecule has 0 fully saturated rings. The highest BCUT2D eigenvalue weighted by Gasteiger charge is 2.11. The summed E-state index contributed by atoms with van der Waals surface area (Å²) < 4.78 is 24.1. The summed E-state index contributed by atoms with van der Waals surface area (Å²) in [7, 11) is 1.95. The van der Waals surface area contributed by atoms with Gasteiger partial charge in [0.25, 0.3) is 0 Å². The van der Waals surface area contributed by atoms with Gasteiger partial charge in [-0.15, -0.1) is 10.2 Å². The van der Waals surface area contributed by atoms with Gasteiger partial charge in [-0.2, -0.15) is 0 Å². The fourth-order valence-corrected chi connectivity index (χ4v) is 2.37. The molecule has 0 saturated heterocycles. The van der Waals surface area contributed by atoms with Crippen molar-refractivity contribution in [2.75, 3.05) is 20.2 Å². The Morgan fingerprint density at radius 1 is 1.12 bits per heavy atom. The van der Waals surface area contributed by atoms with Gasteiger partial charge in [-0.25, -0.2) is 4.39 Å². The molecule has 25 heavy (non-hydrogen) atoms. The quantitative estimate of drug-likeness (QED) is 0.656. The Hall–Kier alpha value is -2.73. The molecule has 0 spiro atoms. The number of hydrogen-bond donors (Lipinski definition) is 0. The van der Waals surface area contributed by atoms with Crippen molar-refractivity contribution < 1.29 is 13.5 Å². The summed E-state index contributed by atoms with van der Waals surface area (Å²) >= 11 is 0. The molecule has 1 aromatic heterocycles. The molecule has 0 bridgehead atoms. The summed E-state index contributed by atoms with van der Waals surface area (Å²) in [6.45, 7) is 3.72. The summed E-state index contributed by atoms with van der Waals surface area (Å²) in [5, 5.41) is 8.20. The maximum atomic E-state index is 12.8. The minimum absolute atomic E-state index is 0.273. The predicted octanol–water partition coefficient (Wildman–Crippen LogP) is 3.69. The fourth-order valence-electron chi connectivity index (χ4n) is 2.37. The number of hydrogen-bond acceptors (Lipinski definition) is 5. The van der Waals surface area contributed by atoms with Crippen LogP contribution in [0.4, 0.5) is 4.39 Å². The second-order valence-corrected chi connectivity index (χ2v) is 5.91. The van der Waals surface area contributed by atoms with E-state index in [0.29, 0.717) is 37.2 Å². The van der Waals surface area contributed by atoms with Gasteiger partial charge in [-0.05, 0) is 50.4 Å². The lowest BCUT2D eigenvalue weighted by molar-refractivity contribution is 0.220. The van der Waals surface area contributed by atoms with E-state index < -0.39 is 0 Å². The van der Waals surface area contributed by atoms with Gasteiger partial charge in [-0.3, -0.25) is 4.90 Å². The largest absolute Gasteiger partial charge is 0.492 e. The Morgan fingerprint density at radius 3 is 2.68 bits per heavy atom. The zero-order chi connectivity index (χ0) is 17.6. The minimum Gasteiger partial charge on any atom is -0.492 e. The van der Waals surface area contributed by atoms with Crippen LogP contribution in [0.2, 0.25) is 0 Å². The van der Waals surface area contributed by atoms with Crippen molar-refractivity contribution in [2.45, 2.75) is 13.5 Å². The topological polar surface area (TPSA) is 51.4 Å². The molecule has 6 heteroatoms. The Kier molecular flexibility index (Phi) is 5.40. The van der Waals surface area contributed by atoms with Crippen molar-refractivity contribution >= 4 is 0 Å². The van der Waals surface area contributed by atoms with Crippen molar-refractivity contribution in [2.24, 2.45) is 0 Å². The summed E-state index contributed by atoms with van der Waals surface area (Å²) in [4.78, 5) is 2.02. The zero-order valence-electron chi connectivity index (χ0n) is 14.3. The Balaban J connectivity index is 1.49. The lowest BCUT2D eigenvalue weighted by Crippen LogP contribution is -2.24. The average molecular weight is 341 g/mol. The molecule has 0 amide bonds. The lowest BCUT2D eigenvalue weighted by Gasteiger charge is -2.14. The van der Waals surface area contributed by atoms with E-state index >= 15 is 0 Å². The molecule has 0 unspecified atom stereocenters. The van der Waals surface area contributed by atoms with E-state index in [1.807, 2.05) is 43.1 Å². The van der Waals surface area contributed by atoms with E-state index in [2.05, 4.69) is 10.2 Å². The van der Waals surface area contributed by atoms with Crippen LogP contribution in [0.3, 0.4) is 0 Å². The van der Waals surface area contributed by atoms with Crippen molar-refractivity contribution in [3.05, 3.63) is 65.8 Å². The van der Waals surface area contributed by atoms with Gasteiger partial charge >= 0.3 is 0 Å². The third-order valence-electron chi connectivity index (χ3n) is 3.69. The molecular formula is C19H20FN3O2. The van der Waals surface area contributed by atoms with Gasteiger partial charge < -0.3 is 9.15 Å². The van der Waals surface area contributed by atoms with Crippen molar-refractivity contribution in [1.82, 2.24) is 15.1 Å². The second kappa shape index (κ2) is 7.90. The summed E-state index contributed by atoms with van der Waals surface area (Å²) in [5.74, 6) is 1.45. The van der Waals surface area contributed by atoms with Crippen LogP contribution in [-0.4, -0.2) is 35.3 Å². The van der Waals surface area contributed by atoms with Gasteiger partial charge in [0.15, 0.2) is 0 Å². The number of aromatic nitrogens is 2. The number of nitrogens with zero attached hydrogens (tertiary/aromatic N) is 3. The Bertz CT molecular complexity index is 818. The highest BCUT2D eigenvalue weighted by Crippen LogP contribution is 2.19. The van der Waals surface area contributed by atoms with Crippen molar-refractivity contribution in [1.29, 1.82) is 0 Å². The van der Waals surface area contributed by atoms with Crippen LogP contribution in [0.15, 0.2) is 52.9 Å². The summed E-state index contributed by atoms with van der Waals surface area (Å²) in [6, 6.07) is 13.9. The Labute approximate surface area is 146 Å². The first-order chi connectivity index (χ1) is 12.1. The van der Waals surface area contributed by atoms with E-state index in [9.17, 15) is 4.39 Å². The first-order valence-corrected chi connectivity index (χ1v) is 8.06. The van der Waals surface area contributed by atoms with Gasteiger partial charge in [-0.1, -0.05) is 17.7 Å². The smallest absolute Gasteiger partial charge is 0.247 e. The number of aryl methyl sites for hydroxylation is 1. The third kappa shape index (κ3) is 4.87. The van der Waals surface area contributed by atoms with E-state index in [4.69, 9.17) is 9.15 Å². The molecule has 0 aliphatic heterocycles. The van der Waals surface area contributed by atoms with E-state index in [1.165, 1.54) is 12.1 Å². The number of halogens is 1. The molecule has 0 saturated carbocycles. The van der Waals surface area contributed by atoms with Gasteiger partial charge in [0.2, 0.25) is 11.8 Å². The van der Waals surface area contributed by atoms with Gasteiger partial charge in [0.05, 0.1) is 6.54 Å². The molecule has 3 rings (SSSR count). The second-order valence-electron chi connectivity index (χ2n) is 5.91. The first-order valence-electron chi connectivity index (χ1n) is 8.06. The molecule has 5 nitrogen and oxygen atoms in total. The van der Waals surface area contributed by atoms with Crippen LogP contribution >= 0.6 is 0 Å². The maximum absolute atomic E-state index is 12.8. The van der Waals surface area contributed by atoms with Gasteiger partial charge in [0, 0.05) is 12.1 Å². The van der Waals surface area contributed by atoms with Crippen LogP contribution in [0, 0.1) is 12.7 Å². The zero-order valence-corrected chi connectivity index (χ0v) is 14.3. The normalized spacial score (nSPS) is 11.0. The number of likely N-dealkylation sites (N-methyl/N-ethyl adjacent to an activating group) is 1. The lowest BCUT2D eigenvalue weighted by atomic mass is 10.1. The average Bonchev–Trinajstić information content (AvgIpc) is 3.05. The number of rotatable bonds is 7. The maximum Gasteiger partial charge on any atom is 0.247 e. The molecule has 130 valence electrons. The Morgan fingerprint density at radius 2 is 1.92 bits per heavy atom. The first kappa shape index (κ1) is 17.1. The van der Waals surface area contributed by atoms with E-state index in [1.54, 1.807) is 12.1 Å². The standard InChI is InChI=1S/C19H20FN3O2/c1-14-4-3-5-15(12-14)19-22-21-18(25-19)13-23(2)10-11-24-17-8-6-16(20)7-9-17/h3-9,12H,10-11,13H2,1-2H3. The number of ether oxygens (including phenoxy) is 1. The van der Waals surface area contributed by atoms with Crippen LogP contribution in [0.5, 0.6) is 5.75 Å². The van der Waals surface area contributed by atoms with E-state index in [0.717, 1.165) is 11.1 Å². The van der Waals surface area contributed by atoms with Crippen LogP contribution in [0.1, 0.15) is 11.5 Å². The molecule has 2 aromatic carbocycles. The van der Waals surface area contributed by atoms with E-state index in [-0.39, 0.29) is 5.82 Å². The predicted molar refractivity (Wildman–Crippen MR) is 92.7 cm³/mol. The molecule has 1 heterocycles. The highest BCUT2D eigenvalue weighted by atomic mass is 19.1. The molecular weight excluding hydrogens is 321 g/mol. The molecule has 0 radical (unpaired) electrons. The molecule has 0 N–H and O–H groups in total.